The van der Waals surface area contributed by atoms with Gasteiger partial charge in [0.2, 0.25) is 0 Å². The molecule has 1 aromatic carbocycles. The van der Waals surface area contributed by atoms with Crippen LogP contribution in [-0.4, -0.2) is 36.5 Å². The van der Waals surface area contributed by atoms with Gasteiger partial charge in [0.05, 0.1) is 19.2 Å². The van der Waals surface area contributed by atoms with Gasteiger partial charge in [0, 0.05) is 17.6 Å². The molecule has 1 aromatic heterocycles. The molecule has 28 heavy (non-hydrogen) atoms. The second-order valence-electron chi connectivity index (χ2n) is 7.48. The average Bonchev–Trinajstić information content (AvgIpc) is 3.01. The lowest BCUT2D eigenvalue weighted by Gasteiger charge is -2.29. The molecule has 0 aliphatic carbocycles. The summed E-state index contributed by atoms with van der Waals surface area (Å²) >= 11 is 1.45. The SMILES string of the molecule is COc1cccc(C=Nc2sc3c(c2C#N)CCN(C(=O)OC(C)(C)C)C3)c1. The maximum absolute atomic E-state index is 12.4. The van der Waals surface area contributed by atoms with Gasteiger partial charge in [0.25, 0.3) is 0 Å². The van der Waals surface area contributed by atoms with E-state index in [1.165, 1.54) is 11.3 Å². The van der Waals surface area contributed by atoms with E-state index in [2.05, 4.69) is 11.1 Å². The lowest BCUT2D eigenvalue weighted by molar-refractivity contribution is 0.0226. The number of benzene rings is 1. The monoisotopic (exact) mass is 397 g/mol. The van der Waals surface area contributed by atoms with Crippen molar-refractivity contribution in [3.05, 3.63) is 45.8 Å². The molecule has 0 fully saturated rings. The van der Waals surface area contributed by atoms with Crippen molar-refractivity contribution < 1.29 is 14.3 Å². The molecular weight excluding hydrogens is 374 g/mol. The van der Waals surface area contributed by atoms with Crippen LogP contribution in [0.4, 0.5) is 9.80 Å². The number of nitriles is 1. The fraction of sp³-hybridized carbons (Fsp3) is 0.381. The minimum Gasteiger partial charge on any atom is -0.497 e. The third-order valence-electron chi connectivity index (χ3n) is 4.23. The zero-order valence-corrected chi connectivity index (χ0v) is 17.3. The summed E-state index contributed by atoms with van der Waals surface area (Å²) < 4.78 is 10.7. The first-order valence-corrected chi connectivity index (χ1v) is 9.83. The van der Waals surface area contributed by atoms with Crippen molar-refractivity contribution in [3.63, 3.8) is 0 Å². The van der Waals surface area contributed by atoms with Gasteiger partial charge in [-0.2, -0.15) is 5.26 Å². The van der Waals surface area contributed by atoms with Crippen molar-refractivity contribution in [1.29, 1.82) is 5.26 Å². The van der Waals surface area contributed by atoms with Crippen molar-refractivity contribution in [2.24, 2.45) is 4.99 Å². The molecule has 0 radical (unpaired) electrons. The summed E-state index contributed by atoms with van der Waals surface area (Å²) in [4.78, 5) is 19.6. The summed E-state index contributed by atoms with van der Waals surface area (Å²) in [5.41, 5.74) is 1.95. The van der Waals surface area contributed by atoms with Gasteiger partial charge in [-0.15, -0.1) is 11.3 Å². The van der Waals surface area contributed by atoms with Gasteiger partial charge in [0.15, 0.2) is 0 Å². The summed E-state index contributed by atoms with van der Waals surface area (Å²) in [7, 11) is 1.62. The van der Waals surface area contributed by atoms with E-state index in [0.29, 0.717) is 30.1 Å². The third-order valence-corrected chi connectivity index (χ3v) is 5.35. The molecular formula is C21H23N3O3S. The standard InChI is InChI=1S/C21H23N3O3S/c1-21(2,3)27-20(25)24-9-8-16-17(11-22)19(28-18(16)13-24)23-12-14-6-5-7-15(10-14)26-4/h5-7,10,12H,8-9,13H2,1-4H3. The molecule has 0 saturated carbocycles. The Balaban J connectivity index is 1.82. The van der Waals surface area contributed by atoms with Gasteiger partial charge in [-0.3, -0.25) is 0 Å². The number of amides is 1. The van der Waals surface area contributed by atoms with Crippen molar-refractivity contribution >= 4 is 28.6 Å². The molecule has 2 aromatic rings. The van der Waals surface area contributed by atoms with Gasteiger partial charge >= 0.3 is 6.09 Å². The molecule has 6 nitrogen and oxygen atoms in total. The van der Waals surface area contributed by atoms with Crippen molar-refractivity contribution in [2.75, 3.05) is 13.7 Å². The highest BCUT2D eigenvalue weighted by molar-refractivity contribution is 7.16. The molecule has 0 bridgehead atoms. The molecule has 0 N–H and O–H groups in total. The van der Waals surface area contributed by atoms with Gasteiger partial charge in [-0.25, -0.2) is 9.79 Å². The van der Waals surface area contributed by atoms with Crippen LogP contribution in [0, 0.1) is 11.3 Å². The van der Waals surface area contributed by atoms with Gasteiger partial charge in [-0.1, -0.05) is 12.1 Å². The maximum atomic E-state index is 12.4. The fourth-order valence-corrected chi connectivity index (χ4v) is 4.09. The molecule has 1 aliphatic heterocycles. The number of fused-ring (bicyclic) bond motifs is 1. The number of carbonyl (C=O) groups is 1. The Morgan fingerprint density at radius 3 is 2.86 bits per heavy atom. The van der Waals surface area contributed by atoms with Crippen LogP contribution in [0.3, 0.4) is 0 Å². The highest BCUT2D eigenvalue weighted by atomic mass is 32.1. The molecule has 2 heterocycles. The lowest BCUT2D eigenvalue weighted by Crippen LogP contribution is -2.39. The Bertz CT molecular complexity index is 951. The second kappa shape index (κ2) is 8.03. The summed E-state index contributed by atoms with van der Waals surface area (Å²) in [6.07, 6.45) is 2.03. The van der Waals surface area contributed by atoms with E-state index < -0.39 is 5.60 Å². The Morgan fingerprint density at radius 2 is 2.18 bits per heavy atom. The summed E-state index contributed by atoms with van der Waals surface area (Å²) in [5.74, 6) is 0.753. The highest BCUT2D eigenvalue weighted by Gasteiger charge is 2.29. The van der Waals surface area contributed by atoms with Crippen LogP contribution in [0.1, 0.15) is 42.3 Å². The van der Waals surface area contributed by atoms with Gasteiger partial charge in [-0.05, 0) is 50.5 Å². The van der Waals surface area contributed by atoms with E-state index in [1.54, 1.807) is 18.2 Å². The van der Waals surface area contributed by atoms with Gasteiger partial charge in [0.1, 0.15) is 22.4 Å². The quantitative estimate of drug-likeness (QED) is 0.705. The number of hydrogen-bond donors (Lipinski definition) is 0. The number of ether oxygens (including phenoxy) is 2. The largest absolute Gasteiger partial charge is 0.497 e. The van der Waals surface area contributed by atoms with E-state index in [4.69, 9.17) is 9.47 Å². The molecule has 0 atom stereocenters. The molecule has 146 valence electrons. The van der Waals surface area contributed by atoms with Crippen LogP contribution in [0.2, 0.25) is 0 Å². The Kier molecular flexibility index (Phi) is 5.71. The normalized spacial score (nSPS) is 13.9. The van der Waals surface area contributed by atoms with E-state index in [1.807, 2.05) is 45.0 Å². The minimum atomic E-state index is -0.531. The van der Waals surface area contributed by atoms with E-state index in [0.717, 1.165) is 21.8 Å². The Labute approximate surface area is 169 Å². The first-order chi connectivity index (χ1) is 13.3. The van der Waals surface area contributed by atoms with Crippen LogP contribution in [0.25, 0.3) is 0 Å². The van der Waals surface area contributed by atoms with Crippen molar-refractivity contribution in [1.82, 2.24) is 4.90 Å². The predicted octanol–water partition coefficient (Wildman–Crippen LogP) is 4.67. The molecule has 1 amide bonds. The van der Waals surface area contributed by atoms with Crippen LogP contribution in [0.15, 0.2) is 29.3 Å². The van der Waals surface area contributed by atoms with E-state index >= 15 is 0 Å². The predicted molar refractivity (Wildman–Crippen MR) is 110 cm³/mol. The van der Waals surface area contributed by atoms with Crippen LogP contribution in [-0.2, 0) is 17.7 Å². The summed E-state index contributed by atoms with van der Waals surface area (Å²) in [6.45, 7) is 6.53. The molecule has 0 saturated heterocycles. The first-order valence-electron chi connectivity index (χ1n) is 9.01. The number of hydrogen-bond acceptors (Lipinski definition) is 6. The number of methoxy groups -OCH3 is 1. The molecule has 0 unspecified atom stereocenters. The highest BCUT2D eigenvalue weighted by Crippen LogP contribution is 2.38. The number of carbonyl (C=O) groups excluding carboxylic acids is 1. The van der Waals surface area contributed by atoms with E-state index in [-0.39, 0.29) is 6.09 Å². The second-order valence-corrected chi connectivity index (χ2v) is 8.57. The van der Waals surface area contributed by atoms with Crippen LogP contribution < -0.4 is 4.74 Å². The summed E-state index contributed by atoms with van der Waals surface area (Å²) in [6, 6.07) is 9.85. The smallest absolute Gasteiger partial charge is 0.410 e. The number of rotatable bonds is 3. The third kappa shape index (κ3) is 4.52. The number of nitrogens with zero attached hydrogens (tertiary/aromatic N) is 3. The average molecular weight is 398 g/mol. The zero-order chi connectivity index (χ0) is 20.3. The maximum Gasteiger partial charge on any atom is 0.410 e. The topological polar surface area (TPSA) is 74.9 Å². The van der Waals surface area contributed by atoms with Crippen molar-refractivity contribution in [3.8, 4) is 11.8 Å². The number of thiophene rings is 1. The molecule has 1 aliphatic rings. The minimum absolute atomic E-state index is 0.327. The van der Waals surface area contributed by atoms with Crippen molar-refractivity contribution in [2.45, 2.75) is 39.3 Å². The zero-order valence-electron chi connectivity index (χ0n) is 16.5. The Morgan fingerprint density at radius 1 is 1.39 bits per heavy atom. The van der Waals surface area contributed by atoms with E-state index in [9.17, 15) is 10.1 Å². The van der Waals surface area contributed by atoms with Crippen LogP contribution >= 0.6 is 11.3 Å². The lowest BCUT2D eigenvalue weighted by atomic mass is 10.0. The van der Waals surface area contributed by atoms with Crippen LogP contribution in [0.5, 0.6) is 5.75 Å². The molecule has 7 heteroatoms. The Hall–Kier alpha value is -2.85. The van der Waals surface area contributed by atoms with Gasteiger partial charge < -0.3 is 14.4 Å². The molecule has 3 rings (SSSR count). The summed E-state index contributed by atoms with van der Waals surface area (Å²) in [5, 5.41) is 10.3. The first kappa shape index (κ1) is 19.9. The fourth-order valence-electron chi connectivity index (χ4n) is 2.93. The number of aliphatic imine (C=N–C) groups is 1. The molecule has 0 spiro atoms.